The molecule has 0 radical (unpaired) electrons. The van der Waals surface area contributed by atoms with Crippen LogP contribution < -0.4 is 0 Å². The second-order valence-electron chi connectivity index (χ2n) is 15.7. The second-order valence-corrected chi connectivity index (χ2v) is 20.6. The molecule has 3 aliphatic rings. The smallest absolute Gasteiger partial charge is 0.0628 e. The summed E-state index contributed by atoms with van der Waals surface area (Å²) in [7, 11) is -1.80. The van der Waals surface area contributed by atoms with Gasteiger partial charge in [0.1, 0.15) is 0 Å². The zero-order valence-electron chi connectivity index (χ0n) is 29.0. The monoisotopic (exact) mass is 666 g/mol. The second kappa shape index (κ2) is 10.7. The van der Waals surface area contributed by atoms with Crippen LogP contribution in [0.5, 0.6) is 0 Å². The van der Waals surface area contributed by atoms with Gasteiger partial charge < -0.3 is 0 Å². The fourth-order valence-electron chi connectivity index (χ4n) is 10.5. The van der Waals surface area contributed by atoms with E-state index < -0.39 is 8.07 Å². The third-order valence-electron chi connectivity index (χ3n) is 12.8. The molecule has 8 aromatic rings. The summed E-state index contributed by atoms with van der Waals surface area (Å²) in [6.45, 7) is 5.32. The van der Waals surface area contributed by atoms with Crippen molar-refractivity contribution >= 4 is 73.1 Å². The number of hydrogen-bond donors (Lipinski definition) is 0. The van der Waals surface area contributed by atoms with Gasteiger partial charge in [-0.15, -0.1) is 0 Å². The van der Waals surface area contributed by atoms with Crippen LogP contribution in [0, 0.1) is 11.8 Å². The van der Waals surface area contributed by atoms with Crippen molar-refractivity contribution < 1.29 is 0 Å². The van der Waals surface area contributed by atoms with E-state index in [1.807, 2.05) is 0 Å². The molecule has 1 aliphatic heterocycles. The highest BCUT2D eigenvalue weighted by molar-refractivity contribution is 6.82. The van der Waals surface area contributed by atoms with E-state index in [4.69, 9.17) is 0 Å². The van der Waals surface area contributed by atoms with Crippen molar-refractivity contribution in [3.8, 4) is 11.1 Å². The fraction of sp³-hybridized carbons (Fsp3) is 0.120. The minimum atomic E-state index is -1.80. The van der Waals surface area contributed by atoms with Crippen molar-refractivity contribution in [2.24, 2.45) is 11.8 Å². The Kier molecular flexibility index (Phi) is 6.16. The Morgan fingerprint density at radius 3 is 1.57 bits per heavy atom. The van der Waals surface area contributed by atoms with E-state index in [-0.39, 0.29) is 0 Å². The lowest BCUT2D eigenvalue weighted by Crippen LogP contribution is -2.33. The summed E-state index contributed by atoms with van der Waals surface area (Å²) in [5, 5.41) is 13.5. The Hall–Kier alpha value is -5.50. The van der Waals surface area contributed by atoms with Crippen molar-refractivity contribution in [2.45, 2.75) is 24.2 Å². The quantitative estimate of drug-likeness (QED) is 0.1000. The SMILES string of the molecule is C[Si]1(C)C2C=C(c3c4ccccc4c(-c4ccccc4)c4ccccc34)C=CC2C2C=CC(c3ccc4ccc5cccc6ccc3c4c56)=CC21. The first-order chi connectivity index (χ1) is 25.1. The summed E-state index contributed by atoms with van der Waals surface area (Å²) < 4.78 is 0. The van der Waals surface area contributed by atoms with E-state index in [2.05, 4.69) is 183 Å². The van der Waals surface area contributed by atoms with Crippen molar-refractivity contribution in [3.63, 3.8) is 0 Å². The molecule has 0 bridgehead atoms. The number of fused-ring (bicyclic) bond motifs is 5. The van der Waals surface area contributed by atoms with E-state index in [1.165, 1.54) is 87.3 Å². The molecule has 242 valence electrons. The molecule has 11 rings (SSSR count). The molecular formula is C50H38Si. The molecule has 51 heavy (non-hydrogen) atoms. The molecule has 4 atom stereocenters. The van der Waals surface area contributed by atoms with Crippen LogP contribution in [-0.4, -0.2) is 8.07 Å². The van der Waals surface area contributed by atoms with Crippen LogP contribution >= 0.6 is 0 Å². The number of allylic oxidation sites excluding steroid dienone is 8. The molecule has 1 heterocycles. The van der Waals surface area contributed by atoms with Crippen molar-refractivity contribution in [1.82, 2.24) is 0 Å². The third-order valence-corrected chi connectivity index (χ3v) is 17.4. The van der Waals surface area contributed by atoms with E-state index in [9.17, 15) is 0 Å². The van der Waals surface area contributed by atoms with Crippen LogP contribution in [0.15, 0.2) is 170 Å². The molecule has 0 saturated carbocycles. The molecule has 0 nitrogen and oxygen atoms in total. The summed E-state index contributed by atoms with van der Waals surface area (Å²) in [6.07, 6.45) is 15.5. The maximum Gasteiger partial charge on any atom is 0.0628 e. The molecule has 4 unspecified atom stereocenters. The highest BCUT2D eigenvalue weighted by Gasteiger charge is 2.54. The van der Waals surface area contributed by atoms with Crippen LogP contribution in [-0.2, 0) is 0 Å². The standard InChI is InChI=1S/C50H38Si/c1-51(2)45-29-35(37-25-21-34-20-19-32-13-10-14-33-22-28-44(37)50(34)47(32)33)23-26-38(45)39-27-24-36(30-46(39)51)49-42-17-8-6-15-40(42)48(31-11-4-3-5-12-31)41-16-7-9-18-43(41)49/h3-30,38-39,45-46H,1-2H3. The topological polar surface area (TPSA) is 0 Å². The Morgan fingerprint density at radius 1 is 0.412 bits per heavy atom. The fourth-order valence-corrected chi connectivity index (χ4v) is 14.8. The molecule has 1 saturated heterocycles. The number of rotatable bonds is 3. The van der Waals surface area contributed by atoms with Gasteiger partial charge in [0.25, 0.3) is 0 Å². The lowest BCUT2D eigenvalue weighted by molar-refractivity contribution is 0.521. The van der Waals surface area contributed by atoms with E-state index in [0.717, 1.165) is 0 Å². The van der Waals surface area contributed by atoms with Gasteiger partial charge in [-0.25, -0.2) is 0 Å². The normalized spacial score (nSPS) is 22.2. The van der Waals surface area contributed by atoms with Crippen molar-refractivity contribution in [1.29, 1.82) is 0 Å². The highest BCUT2D eigenvalue weighted by Crippen LogP contribution is 2.61. The number of hydrogen-bond acceptors (Lipinski definition) is 0. The summed E-state index contributed by atoms with van der Waals surface area (Å²) in [6, 6.07) is 49.8. The maximum atomic E-state index is 2.71. The maximum absolute atomic E-state index is 2.71. The predicted octanol–water partition coefficient (Wildman–Crippen LogP) is 13.9. The largest absolute Gasteiger partial charge is 0.0799 e. The third kappa shape index (κ3) is 4.13. The van der Waals surface area contributed by atoms with Gasteiger partial charge in [0.2, 0.25) is 0 Å². The van der Waals surface area contributed by atoms with E-state index in [1.54, 1.807) is 0 Å². The Bertz CT molecular complexity index is 2770. The average molecular weight is 667 g/mol. The Morgan fingerprint density at radius 2 is 0.922 bits per heavy atom. The zero-order valence-corrected chi connectivity index (χ0v) is 30.0. The molecule has 2 aliphatic carbocycles. The van der Waals surface area contributed by atoms with Gasteiger partial charge >= 0.3 is 0 Å². The molecule has 1 heteroatoms. The molecule has 0 amide bonds. The van der Waals surface area contributed by atoms with Crippen LogP contribution in [0.1, 0.15) is 11.1 Å². The van der Waals surface area contributed by atoms with E-state index >= 15 is 0 Å². The van der Waals surface area contributed by atoms with Gasteiger partial charge in [0.15, 0.2) is 0 Å². The lowest BCUT2D eigenvalue weighted by atomic mass is 9.78. The Labute approximate surface area is 300 Å². The van der Waals surface area contributed by atoms with Gasteiger partial charge in [0.05, 0.1) is 8.07 Å². The molecular weight excluding hydrogens is 629 g/mol. The van der Waals surface area contributed by atoms with Gasteiger partial charge in [-0.05, 0) is 110 Å². The zero-order chi connectivity index (χ0) is 33.8. The first-order valence-corrected chi connectivity index (χ1v) is 21.7. The molecule has 1 fully saturated rings. The molecule has 0 N–H and O–H groups in total. The summed E-state index contributed by atoms with van der Waals surface area (Å²) in [4.78, 5) is 0. The summed E-state index contributed by atoms with van der Waals surface area (Å²) >= 11 is 0. The van der Waals surface area contributed by atoms with Crippen molar-refractivity contribution in [3.05, 3.63) is 181 Å². The lowest BCUT2D eigenvalue weighted by Gasteiger charge is -2.32. The Balaban J connectivity index is 1.04. The minimum Gasteiger partial charge on any atom is -0.0799 e. The first kappa shape index (κ1) is 29.2. The molecule has 0 spiro atoms. The van der Waals surface area contributed by atoms with Gasteiger partial charge in [0, 0.05) is 0 Å². The van der Waals surface area contributed by atoms with Crippen LogP contribution in [0.25, 0.3) is 76.1 Å². The van der Waals surface area contributed by atoms with E-state index in [0.29, 0.717) is 22.9 Å². The van der Waals surface area contributed by atoms with Crippen LogP contribution in [0.4, 0.5) is 0 Å². The molecule has 8 aromatic carbocycles. The van der Waals surface area contributed by atoms with Crippen molar-refractivity contribution in [2.75, 3.05) is 0 Å². The minimum absolute atomic E-state index is 0.539. The predicted molar refractivity (Wildman–Crippen MR) is 223 cm³/mol. The summed E-state index contributed by atoms with van der Waals surface area (Å²) in [5.41, 5.74) is 9.31. The first-order valence-electron chi connectivity index (χ1n) is 18.5. The van der Waals surface area contributed by atoms with Crippen LogP contribution in [0.3, 0.4) is 0 Å². The number of benzene rings is 8. The van der Waals surface area contributed by atoms with Crippen LogP contribution in [0.2, 0.25) is 24.2 Å². The van der Waals surface area contributed by atoms with Gasteiger partial charge in [-0.3, -0.25) is 0 Å². The van der Waals surface area contributed by atoms with Gasteiger partial charge in [-0.1, -0.05) is 183 Å². The highest BCUT2D eigenvalue weighted by atomic mass is 28.3. The van der Waals surface area contributed by atoms with Gasteiger partial charge in [-0.2, -0.15) is 0 Å². The molecule has 0 aromatic heterocycles. The average Bonchev–Trinajstić information content (AvgIpc) is 3.41. The summed E-state index contributed by atoms with van der Waals surface area (Å²) in [5.74, 6) is 1.08.